The molecule has 2 nitrogen and oxygen atoms in total. The van der Waals surface area contributed by atoms with Gasteiger partial charge in [0, 0.05) is 12.1 Å². The van der Waals surface area contributed by atoms with E-state index in [-0.39, 0.29) is 23.5 Å². The van der Waals surface area contributed by atoms with Crippen molar-refractivity contribution in [1.29, 1.82) is 0 Å². The van der Waals surface area contributed by atoms with Crippen LogP contribution in [0.1, 0.15) is 21.7 Å². The quantitative estimate of drug-likeness (QED) is 0.780. The van der Waals surface area contributed by atoms with Crippen molar-refractivity contribution in [2.24, 2.45) is 0 Å². The summed E-state index contributed by atoms with van der Waals surface area (Å²) >= 11 is 0. The van der Waals surface area contributed by atoms with Crippen molar-refractivity contribution in [3.63, 3.8) is 0 Å². The van der Waals surface area contributed by atoms with Crippen LogP contribution in [0, 0.1) is 18.6 Å². The van der Waals surface area contributed by atoms with Gasteiger partial charge in [-0.2, -0.15) is 0 Å². The maximum atomic E-state index is 13.4. The Morgan fingerprint density at radius 3 is 2.72 bits per heavy atom. The number of pyridine rings is 1. The Bertz CT molecular complexity index is 596. The summed E-state index contributed by atoms with van der Waals surface area (Å²) in [6.07, 6.45) is -0.194. The largest absolute Gasteiger partial charge is 0.292 e. The lowest BCUT2D eigenvalue weighted by molar-refractivity contribution is 0.0987. The van der Waals surface area contributed by atoms with Gasteiger partial charge < -0.3 is 0 Å². The Hall–Kier alpha value is -2.10. The van der Waals surface area contributed by atoms with E-state index in [1.54, 1.807) is 25.1 Å². The van der Waals surface area contributed by atoms with Crippen LogP contribution in [0.25, 0.3) is 0 Å². The number of hydrogen-bond donors (Lipinski definition) is 0. The van der Waals surface area contributed by atoms with Crippen molar-refractivity contribution in [3.05, 3.63) is 65.0 Å². The molecule has 0 saturated carbocycles. The fraction of sp³-hybridized carbons (Fsp3) is 0.143. The number of hydrogen-bond acceptors (Lipinski definition) is 2. The summed E-state index contributed by atoms with van der Waals surface area (Å²) in [6.45, 7) is 1.76. The molecule has 0 aliphatic rings. The average molecular weight is 247 g/mol. The summed E-state index contributed by atoms with van der Waals surface area (Å²) in [4.78, 5) is 15.9. The zero-order valence-electron chi connectivity index (χ0n) is 9.78. The van der Waals surface area contributed by atoms with E-state index in [0.717, 1.165) is 18.2 Å². The molecule has 92 valence electrons. The summed E-state index contributed by atoms with van der Waals surface area (Å²) in [5, 5.41) is 0. The van der Waals surface area contributed by atoms with Crippen molar-refractivity contribution >= 4 is 5.78 Å². The number of nitrogens with zero attached hydrogens (tertiary/aromatic N) is 1. The van der Waals surface area contributed by atoms with Crippen molar-refractivity contribution in [2.75, 3.05) is 0 Å². The second kappa shape index (κ2) is 5.04. The zero-order valence-corrected chi connectivity index (χ0v) is 9.78. The number of aromatic nitrogens is 1. The van der Waals surface area contributed by atoms with Crippen LogP contribution in [-0.2, 0) is 6.42 Å². The summed E-state index contributed by atoms with van der Waals surface area (Å²) in [7, 11) is 0. The highest BCUT2D eigenvalue weighted by Gasteiger charge is 2.12. The number of rotatable bonds is 3. The zero-order chi connectivity index (χ0) is 13.1. The summed E-state index contributed by atoms with van der Waals surface area (Å²) in [5.74, 6) is -1.47. The monoisotopic (exact) mass is 247 g/mol. The van der Waals surface area contributed by atoms with Crippen molar-refractivity contribution in [3.8, 4) is 0 Å². The van der Waals surface area contributed by atoms with Gasteiger partial charge in [0.05, 0.1) is 0 Å². The molecule has 0 saturated heterocycles. The molecule has 0 spiro atoms. The first-order valence-electron chi connectivity index (χ1n) is 5.47. The van der Waals surface area contributed by atoms with Gasteiger partial charge in [-0.1, -0.05) is 6.07 Å². The molecule has 0 aliphatic heterocycles. The van der Waals surface area contributed by atoms with Crippen LogP contribution in [-0.4, -0.2) is 10.8 Å². The topological polar surface area (TPSA) is 30.0 Å². The first-order valence-corrected chi connectivity index (χ1v) is 5.47. The summed E-state index contributed by atoms with van der Waals surface area (Å²) in [6, 6.07) is 8.10. The molecule has 1 heterocycles. The first-order chi connectivity index (χ1) is 8.56. The Kier molecular flexibility index (Phi) is 3.46. The second-order valence-electron chi connectivity index (χ2n) is 4.00. The maximum Gasteiger partial charge on any atom is 0.185 e. The minimum Gasteiger partial charge on any atom is -0.292 e. The molecule has 0 unspecified atom stereocenters. The van der Waals surface area contributed by atoms with Gasteiger partial charge >= 0.3 is 0 Å². The standard InChI is InChI=1S/C14H11F2NO/c1-9-3-2-4-13(17-9)14(18)8-10-7-11(15)5-6-12(10)16/h2-7H,8H2,1H3. The number of carbonyl (C=O) groups is 1. The minimum absolute atomic E-state index is 0.0447. The summed E-state index contributed by atoms with van der Waals surface area (Å²) < 4.78 is 26.4. The molecular formula is C14H11F2NO. The molecule has 0 amide bonds. The van der Waals surface area contributed by atoms with E-state index in [1.807, 2.05) is 0 Å². The van der Waals surface area contributed by atoms with E-state index >= 15 is 0 Å². The molecule has 0 fully saturated rings. The molecule has 0 atom stereocenters. The highest BCUT2D eigenvalue weighted by atomic mass is 19.1. The Morgan fingerprint density at radius 2 is 2.00 bits per heavy atom. The SMILES string of the molecule is Cc1cccc(C(=O)Cc2cc(F)ccc2F)n1. The van der Waals surface area contributed by atoms with Crippen molar-refractivity contribution < 1.29 is 13.6 Å². The predicted octanol–water partition coefficient (Wildman–Crippen LogP) is 3.09. The number of Topliss-reactive ketones (excluding diaryl/α,β-unsaturated/α-hetero) is 1. The van der Waals surface area contributed by atoms with Gasteiger partial charge in [-0.05, 0) is 42.8 Å². The van der Waals surface area contributed by atoms with Crippen LogP contribution in [0.2, 0.25) is 0 Å². The van der Waals surface area contributed by atoms with Gasteiger partial charge in [-0.25, -0.2) is 8.78 Å². The number of halogens is 2. The van der Waals surface area contributed by atoms with Gasteiger partial charge in [-0.15, -0.1) is 0 Å². The highest BCUT2D eigenvalue weighted by molar-refractivity contribution is 5.95. The molecular weight excluding hydrogens is 236 g/mol. The maximum absolute atomic E-state index is 13.4. The highest BCUT2D eigenvalue weighted by Crippen LogP contribution is 2.12. The van der Waals surface area contributed by atoms with Crippen LogP contribution in [0.5, 0.6) is 0 Å². The van der Waals surface area contributed by atoms with Gasteiger partial charge in [0.25, 0.3) is 0 Å². The Labute approximate surface area is 103 Å². The van der Waals surface area contributed by atoms with E-state index in [9.17, 15) is 13.6 Å². The van der Waals surface area contributed by atoms with E-state index < -0.39 is 11.6 Å². The van der Waals surface area contributed by atoms with Gasteiger partial charge in [0.15, 0.2) is 5.78 Å². The molecule has 0 bridgehead atoms. The second-order valence-corrected chi connectivity index (χ2v) is 4.00. The molecule has 4 heteroatoms. The normalized spacial score (nSPS) is 10.4. The van der Waals surface area contributed by atoms with Crippen LogP contribution in [0.4, 0.5) is 8.78 Å². The van der Waals surface area contributed by atoms with E-state index in [2.05, 4.69) is 4.98 Å². The van der Waals surface area contributed by atoms with Gasteiger partial charge in [0.2, 0.25) is 0 Å². The number of benzene rings is 1. The van der Waals surface area contributed by atoms with Gasteiger partial charge in [-0.3, -0.25) is 9.78 Å². The molecule has 0 aliphatic carbocycles. The van der Waals surface area contributed by atoms with Crippen molar-refractivity contribution in [2.45, 2.75) is 13.3 Å². The third-order valence-corrected chi connectivity index (χ3v) is 2.53. The Balaban J connectivity index is 2.24. The average Bonchev–Trinajstić information content (AvgIpc) is 2.34. The fourth-order valence-electron chi connectivity index (χ4n) is 1.64. The number of carbonyl (C=O) groups excluding carboxylic acids is 1. The van der Waals surface area contributed by atoms with Crippen LogP contribution < -0.4 is 0 Å². The lowest BCUT2D eigenvalue weighted by atomic mass is 10.1. The molecule has 0 N–H and O–H groups in total. The van der Waals surface area contributed by atoms with Crippen LogP contribution >= 0.6 is 0 Å². The lowest BCUT2D eigenvalue weighted by Gasteiger charge is -2.03. The molecule has 2 rings (SSSR count). The van der Waals surface area contributed by atoms with E-state index in [1.165, 1.54) is 0 Å². The van der Waals surface area contributed by atoms with Crippen LogP contribution in [0.3, 0.4) is 0 Å². The molecule has 1 aromatic carbocycles. The van der Waals surface area contributed by atoms with Crippen LogP contribution in [0.15, 0.2) is 36.4 Å². The molecule has 1 aromatic heterocycles. The fourth-order valence-corrected chi connectivity index (χ4v) is 1.64. The third-order valence-electron chi connectivity index (χ3n) is 2.53. The number of aryl methyl sites for hydroxylation is 1. The lowest BCUT2D eigenvalue weighted by Crippen LogP contribution is -2.08. The van der Waals surface area contributed by atoms with E-state index in [4.69, 9.17) is 0 Å². The smallest absolute Gasteiger partial charge is 0.185 e. The molecule has 2 aromatic rings. The van der Waals surface area contributed by atoms with E-state index in [0.29, 0.717) is 5.69 Å². The molecule has 0 radical (unpaired) electrons. The van der Waals surface area contributed by atoms with Crippen molar-refractivity contribution in [1.82, 2.24) is 4.98 Å². The van der Waals surface area contributed by atoms with Gasteiger partial charge in [0.1, 0.15) is 17.3 Å². The third kappa shape index (κ3) is 2.77. The Morgan fingerprint density at radius 1 is 1.22 bits per heavy atom. The predicted molar refractivity (Wildman–Crippen MR) is 63.4 cm³/mol. The first kappa shape index (κ1) is 12.4. The minimum atomic E-state index is -0.586. The molecule has 18 heavy (non-hydrogen) atoms. The number of ketones is 1. The summed E-state index contributed by atoms with van der Waals surface area (Å²) in [5.41, 5.74) is 1.02.